The SMILES string of the molecule is CONC(Nc1ccccc1NC(NOC)=S=C=O)=S=C=O. The van der Waals surface area contributed by atoms with Gasteiger partial charge in [-0.2, -0.15) is 0 Å². The zero-order valence-corrected chi connectivity index (χ0v) is 13.4. The molecule has 0 heterocycles. The van der Waals surface area contributed by atoms with Gasteiger partial charge < -0.3 is 10.6 Å². The minimum atomic E-state index is 0.336. The predicted octanol–water partition coefficient (Wildman–Crippen LogP) is 0.588. The Morgan fingerprint density at radius 2 is 1.32 bits per heavy atom. The summed E-state index contributed by atoms with van der Waals surface area (Å²) in [6, 6.07) is 7.14. The number of hydrogen-bond donors (Lipinski definition) is 4. The van der Waals surface area contributed by atoms with Crippen LogP contribution < -0.4 is 21.6 Å². The van der Waals surface area contributed by atoms with Crippen molar-refractivity contribution in [2.24, 2.45) is 0 Å². The fraction of sp³-hybridized carbons (Fsp3) is 0.167. The minimum absolute atomic E-state index is 0.336. The molecule has 0 saturated carbocycles. The van der Waals surface area contributed by atoms with Crippen molar-refractivity contribution >= 4 is 53.9 Å². The topological polar surface area (TPSA) is 101 Å². The second-order valence-corrected chi connectivity index (χ2v) is 5.00. The highest BCUT2D eigenvalue weighted by atomic mass is 32.1. The maximum absolute atomic E-state index is 10.5. The van der Waals surface area contributed by atoms with E-state index < -0.39 is 0 Å². The third kappa shape index (κ3) is 6.19. The van der Waals surface area contributed by atoms with E-state index in [1.165, 1.54) is 14.2 Å². The van der Waals surface area contributed by atoms with Crippen molar-refractivity contribution in [2.75, 3.05) is 24.9 Å². The van der Waals surface area contributed by atoms with E-state index in [-0.39, 0.29) is 0 Å². The minimum Gasteiger partial charge on any atom is -0.334 e. The molecule has 0 aliphatic rings. The van der Waals surface area contributed by atoms with Gasteiger partial charge in [0.1, 0.15) is 0 Å². The van der Waals surface area contributed by atoms with Gasteiger partial charge in [0.2, 0.25) is 0 Å². The Hall–Kier alpha value is -2.00. The quantitative estimate of drug-likeness (QED) is 0.466. The van der Waals surface area contributed by atoms with Crippen LogP contribution in [0.25, 0.3) is 0 Å². The molecule has 0 aliphatic carbocycles. The molecule has 1 rings (SSSR count). The van der Waals surface area contributed by atoms with Crippen LogP contribution in [0.2, 0.25) is 0 Å². The standard InChI is InChI=1S/C12H14N4O4S2/c1-19-15-11(21-7-17)13-9-5-3-4-6-10(9)14-12(16-20-2)22-8-18/h3-6,13-16H,1-2H3. The smallest absolute Gasteiger partial charge is 0.194 e. The van der Waals surface area contributed by atoms with Crippen LogP contribution in [0.3, 0.4) is 0 Å². The molecule has 0 aromatic heterocycles. The Morgan fingerprint density at radius 1 is 0.909 bits per heavy atom. The fourth-order valence-corrected chi connectivity index (χ4v) is 2.10. The van der Waals surface area contributed by atoms with E-state index in [0.717, 1.165) is 21.9 Å². The number of rotatable bonds is 4. The van der Waals surface area contributed by atoms with E-state index in [1.54, 1.807) is 34.7 Å². The average Bonchev–Trinajstić information content (AvgIpc) is 2.50. The molecule has 0 aliphatic heterocycles. The average molecular weight is 342 g/mol. The maximum Gasteiger partial charge on any atom is 0.194 e. The van der Waals surface area contributed by atoms with Gasteiger partial charge in [-0.05, 0) is 34.0 Å². The highest BCUT2D eigenvalue weighted by molar-refractivity contribution is 7.96. The lowest BCUT2D eigenvalue weighted by molar-refractivity contribution is 0.146. The first kappa shape index (κ1) is 18.1. The first-order chi connectivity index (χ1) is 10.7. The largest absolute Gasteiger partial charge is 0.334 e. The number of nitrogens with one attached hydrogen (secondary N) is 4. The number of anilines is 2. The Kier molecular flexibility index (Phi) is 8.77. The monoisotopic (exact) mass is 342 g/mol. The van der Waals surface area contributed by atoms with Gasteiger partial charge in [-0.3, -0.25) is 9.68 Å². The van der Waals surface area contributed by atoms with Gasteiger partial charge in [0.25, 0.3) is 0 Å². The summed E-state index contributed by atoms with van der Waals surface area (Å²) in [5.41, 5.74) is 6.32. The van der Waals surface area contributed by atoms with Crippen LogP contribution in [0.5, 0.6) is 0 Å². The van der Waals surface area contributed by atoms with Crippen LogP contribution in [0.15, 0.2) is 24.3 Å². The predicted molar refractivity (Wildman–Crippen MR) is 90.6 cm³/mol. The number of para-hydroxylation sites is 2. The van der Waals surface area contributed by atoms with Gasteiger partial charge in [0, 0.05) is 0 Å². The molecule has 1 aromatic carbocycles. The third-order valence-corrected chi connectivity index (χ3v) is 3.05. The zero-order valence-electron chi connectivity index (χ0n) is 11.8. The molecule has 8 nitrogen and oxygen atoms in total. The molecule has 0 bridgehead atoms. The van der Waals surface area contributed by atoms with Crippen LogP contribution in [0.1, 0.15) is 0 Å². The van der Waals surface area contributed by atoms with Gasteiger partial charge in [-0.1, -0.05) is 12.1 Å². The molecular formula is C12H14N4O4S2. The molecule has 0 amide bonds. The fourth-order valence-electron chi connectivity index (χ4n) is 1.36. The highest BCUT2D eigenvalue weighted by Crippen LogP contribution is 2.20. The van der Waals surface area contributed by atoms with E-state index in [9.17, 15) is 9.59 Å². The molecule has 0 unspecified atom stereocenters. The first-order valence-electron chi connectivity index (χ1n) is 5.78. The molecule has 0 radical (unpaired) electrons. The summed E-state index contributed by atoms with van der Waals surface area (Å²) in [4.78, 5) is 30.5. The second kappa shape index (κ2) is 10.7. The summed E-state index contributed by atoms with van der Waals surface area (Å²) < 4.78 is 0. The van der Waals surface area contributed by atoms with Crippen molar-refractivity contribution in [1.82, 2.24) is 11.0 Å². The zero-order chi connectivity index (χ0) is 16.2. The summed E-state index contributed by atoms with van der Waals surface area (Å²) in [7, 11) is 4.37. The summed E-state index contributed by atoms with van der Waals surface area (Å²) >= 11 is 0. The van der Waals surface area contributed by atoms with Crippen molar-refractivity contribution in [2.45, 2.75) is 0 Å². The molecule has 0 fully saturated rings. The molecular weight excluding hydrogens is 328 g/mol. The molecule has 1 aromatic rings. The molecule has 0 atom stereocenters. The van der Waals surface area contributed by atoms with Crippen LogP contribution in [0.4, 0.5) is 11.4 Å². The summed E-state index contributed by atoms with van der Waals surface area (Å²) in [5, 5.41) is 9.98. The van der Waals surface area contributed by atoms with E-state index in [0.29, 0.717) is 21.6 Å². The van der Waals surface area contributed by atoms with Gasteiger partial charge in [-0.15, -0.1) is 11.0 Å². The normalized spacial score (nSPS) is 9.18. The molecule has 0 spiro atoms. The number of hydroxylamine groups is 2. The van der Waals surface area contributed by atoms with Crippen LogP contribution in [-0.4, -0.2) is 34.9 Å². The lowest BCUT2D eigenvalue weighted by atomic mass is 10.2. The first-order valence-corrected chi connectivity index (χ1v) is 7.41. The van der Waals surface area contributed by atoms with Crippen molar-refractivity contribution < 1.29 is 19.3 Å². The molecule has 10 heteroatoms. The van der Waals surface area contributed by atoms with Crippen molar-refractivity contribution in [3.8, 4) is 0 Å². The van der Waals surface area contributed by atoms with Gasteiger partial charge in [0.15, 0.2) is 20.7 Å². The highest BCUT2D eigenvalue weighted by Gasteiger charge is 2.06. The Balaban J connectivity index is 3.08. The summed E-state index contributed by atoms with van der Waals surface area (Å²) in [6.45, 7) is 0. The number of benzene rings is 1. The molecule has 22 heavy (non-hydrogen) atoms. The summed E-state index contributed by atoms with van der Waals surface area (Å²) in [5.74, 6) is 0. The van der Waals surface area contributed by atoms with E-state index in [1.807, 2.05) is 0 Å². The second-order valence-electron chi connectivity index (χ2n) is 3.44. The van der Waals surface area contributed by atoms with Crippen molar-refractivity contribution in [1.29, 1.82) is 0 Å². The van der Waals surface area contributed by atoms with Gasteiger partial charge in [0.05, 0.1) is 25.6 Å². The number of carbonyl (C=O) groups excluding carboxylic acids is 2. The van der Waals surface area contributed by atoms with Crippen LogP contribution in [0, 0.1) is 0 Å². The van der Waals surface area contributed by atoms with E-state index in [2.05, 4.69) is 21.6 Å². The Labute approximate surface area is 133 Å². The van der Waals surface area contributed by atoms with Crippen molar-refractivity contribution in [3.63, 3.8) is 0 Å². The summed E-state index contributed by atoms with van der Waals surface area (Å²) in [6.07, 6.45) is 0. The van der Waals surface area contributed by atoms with Gasteiger partial charge >= 0.3 is 0 Å². The lowest BCUT2D eigenvalue weighted by Crippen LogP contribution is -2.30. The lowest BCUT2D eigenvalue weighted by Gasteiger charge is -2.14. The third-order valence-electron chi connectivity index (χ3n) is 2.10. The van der Waals surface area contributed by atoms with Crippen LogP contribution in [-0.2, 0) is 19.3 Å². The maximum atomic E-state index is 10.5. The number of hydrogen-bond acceptors (Lipinski definition) is 4. The van der Waals surface area contributed by atoms with Crippen molar-refractivity contribution in [3.05, 3.63) is 24.3 Å². The molecule has 118 valence electrons. The molecule has 0 saturated heterocycles. The Morgan fingerprint density at radius 3 is 1.64 bits per heavy atom. The van der Waals surface area contributed by atoms with E-state index in [4.69, 9.17) is 9.68 Å². The van der Waals surface area contributed by atoms with Gasteiger partial charge in [-0.25, -0.2) is 9.59 Å². The Bertz CT molecular complexity index is 627. The molecule has 4 N–H and O–H groups in total. The van der Waals surface area contributed by atoms with E-state index >= 15 is 0 Å². The van der Waals surface area contributed by atoms with Crippen LogP contribution >= 0.6 is 21.9 Å².